The smallest absolute Gasteiger partial charge is 0.336 e. The normalized spacial score (nSPS) is 10.6. The molecule has 0 amide bonds. The quantitative estimate of drug-likeness (QED) is 0.563. The van der Waals surface area contributed by atoms with Gasteiger partial charge in [0, 0.05) is 16.9 Å². The average molecular weight is 419 g/mol. The van der Waals surface area contributed by atoms with Gasteiger partial charge in [0.25, 0.3) is 0 Å². The van der Waals surface area contributed by atoms with Gasteiger partial charge in [-0.05, 0) is 17.7 Å². The van der Waals surface area contributed by atoms with Crippen LogP contribution in [0.5, 0.6) is 0 Å². The fraction of sp³-hybridized carbons (Fsp3) is 0.0526. The van der Waals surface area contributed by atoms with Gasteiger partial charge in [-0.1, -0.05) is 65.3 Å². The van der Waals surface area contributed by atoms with E-state index in [0.717, 1.165) is 0 Å². The lowest BCUT2D eigenvalue weighted by molar-refractivity contribution is 0.0692. The largest absolute Gasteiger partial charge is 0.478 e. The predicted molar refractivity (Wildman–Crippen MR) is 104 cm³/mol. The highest BCUT2D eigenvalue weighted by molar-refractivity contribution is 7.99. The molecule has 3 rings (SSSR count). The molecule has 0 aliphatic carbocycles. The zero-order chi connectivity index (χ0) is 19.4. The zero-order valence-electron chi connectivity index (χ0n) is 13.7. The van der Waals surface area contributed by atoms with Crippen molar-refractivity contribution in [2.45, 2.75) is 16.3 Å². The van der Waals surface area contributed by atoms with Crippen molar-refractivity contribution < 1.29 is 14.7 Å². The van der Waals surface area contributed by atoms with E-state index in [-0.39, 0.29) is 23.3 Å². The Hall–Kier alpha value is -2.41. The minimum atomic E-state index is -1.14. The Morgan fingerprint density at radius 2 is 1.70 bits per heavy atom. The third kappa shape index (κ3) is 4.66. The Morgan fingerprint density at radius 1 is 0.963 bits per heavy atom. The fourth-order valence-corrected chi connectivity index (χ4v) is 3.63. The third-order valence-electron chi connectivity index (χ3n) is 3.66. The maximum absolute atomic E-state index is 12.6. The summed E-state index contributed by atoms with van der Waals surface area (Å²) in [5.74, 6) is -1.46. The van der Waals surface area contributed by atoms with Crippen LogP contribution in [0, 0.1) is 0 Å². The number of hydrogen-bond acceptors (Lipinski definition) is 5. The van der Waals surface area contributed by atoms with Gasteiger partial charge < -0.3 is 5.11 Å². The van der Waals surface area contributed by atoms with Crippen molar-refractivity contribution in [3.8, 4) is 0 Å². The van der Waals surface area contributed by atoms with Crippen LogP contribution in [0.25, 0.3) is 0 Å². The molecule has 8 heteroatoms. The molecule has 0 spiro atoms. The number of halogens is 2. The van der Waals surface area contributed by atoms with Gasteiger partial charge in [0.2, 0.25) is 0 Å². The maximum atomic E-state index is 12.6. The summed E-state index contributed by atoms with van der Waals surface area (Å²) in [6.07, 6.45) is 2.96. The van der Waals surface area contributed by atoms with E-state index in [1.807, 2.05) is 6.07 Å². The molecule has 136 valence electrons. The lowest BCUT2D eigenvalue weighted by atomic mass is 9.98. The van der Waals surface area contributed by atoms with Crippen LogP contribution in [0.15, 0.2) is 64.8 Å². The standard InChI is InChI=1S/C19H12Cl2N2O3S/c20-16-9-23-17(10-22-16)27-15-7-3-4-11(18(15)21)8-14(24)12-5-1-2-6-13(12)19(25)26/h1-7,9-10H,8H2,(H,25,26). The van der Waals surface area contributed by atoms with Gasteiger partial charge in [0.15, 0.2) is 5.78 Å². The molecule has 1 N–H and O–H groups in total. The van der Waals surface area contributed by atoms with Crippen LogP contribution in [0.3, 0.4) is 0 Å². The Labute approximate surface area is 169 Å². The monoisotopic (exact) mass is 418 g/mol. The minimum Gasteiger partial charge on any atom is -0.478 e. The number of aromatic carboxylic acids is 1. The van der Waals surface area contributed by atoms with Crippen molar-refractivity contribution in [1.82, 2.24) is 9.97 Å². The molecule has 0 aliphatic rings. The number of nitrogens with zero attached hydrogens (tertiary/aromatic N) is 2. The zero-order valence-corrected chi connectivity index (χ0v) is 16.1. The second-order valence-electron chi connectivity index (χ2n) is 5.46. The molecule has 0 unspecified atom stereocenters. The number of Topliss-reactive ketones (excluding diaryl/α,β-unsaturated/α-hetero) is 1. The number of rotatable bonds is 6. The van der Waals surface area contributed by atoms with Gasteiger partial charge in [-0.15, -0.1) is 0 Å². The summed E-state index contributed by atoms with van der Waals surface area (Å²) in [5, 5.41) is 10.6. The number of benzene rings is 2. The Morgan fingerprint density at radius 3 is 2.37 bits per heavy atom. The number of aromatic nitrogens is 2. The summed E-state index contributed by atoms with van der Waals surface area (Å²) in [6.45, 7) is 0. The molecule has 0 fully saturated rings. The first-order chi connectivity index (χ1) is 13.0. The van der Waals surface area contributed by atoms with E-state index in [0.29, 0.717) is 25.7 Å². The molecule has 5 nitrogen and oxygen atoms in total. The van der Waals surface area contributed by atoms with Crippen LogP contribution >= 0.6 is 35.0 Å². The van der Waals surface area contributed by atoms with Crippen LogP contribution in [0.1, 0.15) is 26.3 Å². The molecule has 0 aliphatic heterocycles. The molecule has 0 bridgehead atoms. The number of carbonyl (C=O) groups is 2. The highest BCUT2D eigenvalue weighted by Crippen LogP contribution is 2.34. The number of carboxylic acid groups (broad SMARTS) is 1. The van der Waals surface area contributed by atoms with Crippen molar-refractivity contribution in [2.75, 3.05) is 0 Å². The lowest BCUT2D eigenvalue weighted by Crippen LogP contribution is -2.11. The van der Waals surface area contributed by atoms with Gasteiger partial charge in [-0.25, -0.2) is 14.8 Å². The number of hydrogen-bond donors (Lipinski definition) is 1. The summed E-state index contributed by atoms with van der Waals surface area (Å²) >= 11 is 13.5. The van der Waals surface area contributed by atoms with Gasteiger partial charge in [0.1, 0.15) is 10.2 Å². The Kier molecular flexibility index (Phi) is 6.11. The average Bonchev–Trinajstić information content (AvgIpc) is 2.66. The second kappa shape index (κ2) is 8.52. The fourth-order valence-electron chi connectivity index (χ4n) is 2.42. The molecule has 3 aromatic rings. The van der Waals surface area contributed by atoms with Crippen LogP contribution in [-0.4, -0.2) is 26.8 Å². The summed E-state index contributed by atoms with van der Waals surface area (Å²) in [7, 11) is 0. The number of carbonyl (C=O) groups excluding carboxylic acids is 1. The van der Waals surface area contributed by atoms with E-state index >= 15 is 0 Å². The first-order valence-corrected chi connectivity index (χ1v) is 9.31. The topological polar surface area (TPSA) is 80.1 Å². The molecule has 0 atom stereocenters. The van der Waals surface area contributed by atoms with Crippen LogP contribution in [0.2, 0.25) is 10.2 Å². The van der Waals surface area contributed by atoms with Crippen LogP contribution in [-0.2, 0) is 6.42 Å². The third-order valence-corrected chi connectivity index (χ3v) is 5.40. The maximum Gasteiger partial charge on any atom is 0.336 e. The Balaban J connectivity index is 1.85. The Bertz CT molecular complexity index is 1010. The van der Waals surface area contributed by atoms with Gasteiger partial charge >= 0.3 is 5.97 Å². The van der Waals surface area contributed by atoms with E-state index in [9.17, 15) is 14.7 Å². The second-order valence-corrected chi connectivity index (χ2v) is 7.29. The first-order valence-electron chi connectivity index (χ1n) is 7.74. The highest BCUT2D eigenvalue weighted by Gasteiger charge is 2.18. The molecule has 1 aromatic heterocycles. The van der Waals surface area contributed by atoms with E-state index in [1.165, 1.54) is 36.3 Å². The van der Waals surface area contributed by atoms with E-state index in [2.05, 4.69) is 9.97 Å². The van der Waals surface area contributed by atoms with Crippen LogP contribution in [0.4, 0.5) is 0 Å². The van der Waals surface area contributed by atoms with Gasteiger partial charge in [-0.2, -0.15) is 0 Å². The van der Waals surface area contributed by atoms with E-state index < -0.39 is 5.97 Å². The molecule has 1 heterocycles. The van der Waals surface area contributed by atoms with Crippen molar-refractivity contribution in [3.63, 3.8) is 0 Å². The summed E-state index contributed by atoms with van der Waals surface area (Å²) in [5.41, 5.74) is 0.733. The first kappa shape index (κ1) is 19.4. The van der Waals surface area contributed by atoms with Crippen molar-refractivity contribution in [2.24, 2.45) is 0 Å². The summed E-state index contributed by atoms with van der Waals surface area (Å²) in [6, 6.07) is 11.4. The summed E-state index contributed by atoms with van der Waals surface area (Å²) < 4.78 is 0. The van der Waals surface area contributed by atoms with Crippen molar-refractivity contribution in [3.05, 3.63) is 81.7 Å². The molecular weight excluding hydrogens is 407 g/mol. The number of carboxylic acids is 1. The predicted octanol–water partition coefficient (Wildman–Crippen LogP) is 5.06. The lowest BCUT2D eigenvalue weighted by Gasteiger charge is -2.10. The molecule has 2 aromatic carbocycles. The van der Waals surface area contributed by atoms with E-state index in [1.54, 1.807) is 24.3 Å². The molecular formula is C19H12Cl2N2O3S. The van der Waals surface area contributed by atoms with Gasteiger partial charge in [0.05, 0.1) is 23.0 Å². The van der Waals surface area contributed by atoms with Crippen molar-refractivity contribution in [1.29, 1.82) is 0 Å². The minimum absolute atomic E-state index is 0.0101. The van der Waals surface area contributed by atoms with Crippen molar-refractivity contribution >= 4 is 46.7 Å². The SMILES string of the molecule is O=C(O)c1ccccc1C(=O)Cc1cccc(Sc2cnc(Cl)cn2)c1Cl. The van der Waals surface area contributed by atoms with Gasteiger partial charge in [-0.3, -0.25) is 4.79 Å². The molecule has 27 heavy (non-hydrogen) atoms. The molecule has 0 radical (unpaired) electrons. The van der Waals surface area contributed by atoms with E-state index in [4.69, 9.17) is 23.2 Å². The van der Waals surface area contributed by atoms with Crippen LogP contribution < -0.4 is 0 Å². The molecule has 0 saturated carbocycles. The molecule has 0 saturated heterocycles. The number of ketones is 1. The highest BCUT2D eigenvalue weighted by atomic mass is 35.5. The summed E-state index contributed by atoms with van der Waals surface area (Å²) in [4.78, 5) is 32.8.